The highest BCUT2D eigenvalue weighted by molar-refractivity contribution is 5.87. The van der Waals surface area contributed by atoms with E-state index in [1.165, 1.54) is 19.1 Å². The van der Waals surface area contributed by atoms with Gasteiger partial charge in [0.05, 0.1) is 6.61 Å². The lowest BCUT2D eigenvalue weighted by Gasteiger charge is -2.26. The van der Waals surface area contributed by atoms with E-state index < -0.39 is 5.97 Å². The number of esters is 1. The number of carbonyl (C=O) groups excluding carboxylic acids is 1. The second-order valence-electron chi connectivity index (χ2n) is 4.86. The van der Waals surface area contributed by atoms with E-state index in [-0.39, 0.29) is 5.69 Å². The molecule has 1 N–H and O–H groups in total. The third-order valence-electron chi connectivity index (χ3n) is 3.33. The fourth-order valence-corrected chi connectivity index (χ4v) is 2.22. The molecule has 5 heteroatoms. The van der Waals surface area contributed by atoms with Gasteiger partial charge in [-0.3, -0.25) is 0 Å². The monoisotopic (exact) mass is 252 g/mol. The molecule has 5 nitrogen and oxygen atoms in total. The Morgan fingerprint density at radius 2 is 2.22 bits per heavy atom. The van der Waals surface area contributed by atoms with E-state index in [2.05, 4.69) is 17.2 Å². The molecule has 0 aromatic carbocycles. The van der Waals surface area contributed by atoms with E-state index in [1.54, 1.807) is 6.92 Å². The molecule has 1 aromatic rings. The highest BCUT2D eigenvalue weighted by Crippen LogP contribution is 2.25. The largest absolute Gasteiger partial charge is 0.461 e. The van der Waals surface area contributed by atoms with Crippen molar-refractivity contribution in [3.05, 3.63) is 12.0 Å². The van der Waals surface area contributed by atoms with Crippen LogP contribution in [0, 0.1) is 5.92 Å². The lowest BCUT2D eigenvalue weighted by molar-refractivity contribution is 0.0519. The van der Waals surface area contributed by atoms with Crippen LogP contribution in [-0.2, 0) is 4.74 Å². The quantitative estimate of drug-likeness (QED) is 0.835. The van der Waals surface area contributed by atoms with Gasteiger partial charge in [0.25, 0.3) is 6.01 Å². The minimum absolute atomic E-state index is 0.225. The summed E-state index contributed by atoms with van der Waals surface area (Å²) < 4.78 is 10.1. The predicted molar refractivity (Wildman–Crippen MR) is 67.5 cm³/mol. The van der Waals surface area contributed by atoms with Gasteiger partial charge >= 0.3 is 5.97 Å². The average molecular weight is 252 g/mol. The predicted octanol–water partition coefficient (Wildman–Crippen LogP) is 2.84. The molecule has 1 saturated carbocycles. The molecule has 2 rings (SSSR count). The molecule has 1 aliphatic rings. The van der Waals surface area contributed by atoms with Gasteiger partial charge in [-0.1, -0.05) is 6.92 Å². The highest BCUT2D eigenvalue weighted by atomic mass is 16.5. The van der Waals surface area contributed by atoms with Crippen LogP contribution in [0.4, 0.5) is 6.01 Å². The van der Waals surface area contributed by atoms with Crippen LogP contribution in [0.2, 0.25) is 0 Å². The Morgan fingerprint density at radius 1 is 1.50 bits per heavy atom. The number of hydrogen-bond donors (Lipinski definition) is 1. The maximum absolute atomic E-state index is 11.4. The third-order valence-corrected chi connectivity index (χ3v) is 3.33. The number of nitrogens with one attached hydrogen (secondary N) is 1. The fourth-order valence-electron chi connectivity index (χ4n) is 2.22. The van der Waals surface area contributed by atoms with Gasteiger partial charge in [0.15, 0.2) is 5.69 Å². The normalized spacial score (nSPS) is 23.7. The van der Waals surface area contributed by atoms with Gasteiger partial charge in [0.2, 0.25) is 0 Å². The van der Waals surface area contributed by atoms with Crippen molar-refractivity contribution in [1.29, 1.82) is 0 Å². The maximum Gasteiger partial charge on any atom is 0.360 e. The summed E-state index contributed by atoms with van der Waals surface area (Å²) in [5.41, 5.74) is 0.225. The molecule has 100 valence electrons. The molecule has 1 heterocycles. The Bertz CT molecular complexity index is 395. The molecule has 1 aromatic heterocycles. The maximum atomic E-state index is 11.4. The van der Waals surface area contributed by atoms with Gasteiger partial charge in [-0.15, -0.1) is 0 Å². The summed E-state index contributed by atoms with van der Waals surface area (Å²) in [6.07, 6.45) is 6.04. The molecule has 0 unspecified atom stereocenters. The van der Waals surface area contributed by atoms with Crippen LogP contribution >= 0.6 is 0 Å². The first-order chi connectivity index (χ1) is 8.69. The van der Waals surface area contributed by atoms with Crippen molar-refractivity contribution < 1.29 is 13.9 Å². The Hall–Kier alpha value is -1.52. The van der Waals surface area contributed by atoms with E-state index in [0.29, 0.717) is 18.7 Å². The molecule has 0 atom stereocenters. The lowest BCUT2D eigenvalue weighted by atomic mass is 9.87. The second kappa shape index (κ2) is 5.89. The van der Waals surface area contributed by atoms with Crippen molar-refractivity contribution in [3.8, 4) is 0 Å². The van der Waals surface area contributed by atoms with E-state index in [9.17, 15) is 4.79 Å². The topological polar surface area (TPSA) is 64.4 Å². The van der Waals surface area contributed by atoms with Crippen molar-refractivity contribution in [2.45, 2.75) is 45.6 Å². The molecule has 0 spiro atoms. The van der Waals surface area contributed by atoms with Crippen molar-refractivity contribution in [3.63, 3.8) is 0 Å². The van der Waals surface area contributed by atoms with Crippen LogP contribution in [0.5, 0.6) is 0 Å². The number of anilines is 1. The van der Waals surface area contributed by atoms with Crippen molar-refractivity contribution in [2.24, 2.45) is 5.92 Å². The van der Waals surface area contributed by atoms with Gasteiger partial charge in [-0.25, -0.2) is 4.79 Å². The summed E-state index contributed by atoms with van der Waals surface area (Å²) in [7, 11) is 0. The molecule has 0 saturated heterocycles. The van der Waals surface area contributed by atoms with Crippen LogP contribution in [0.1, 0.15) is 50.0 Å². The standard InChI is InChI=1S/C13H20N2O3/c1-3-17-12(16)11-8-18-13(15-11)14-10-6-4-9(2)5-7-10/h8-10H,3-7H2,1-2H3,(H,14,15). The summed E-state index contributed by atoms with van der Waals surface area (Å²) in [6.45, 7) is 4.38. The Labute approximate surface area is 107 Å². The minimum Gasteiger partial charge on any atom is -0.461 e. The van der Waals surface area contributed by atoms with Crippen LogP contribution < -0.4 is 5.32 Å². The van der Waals surface area contributed by atoms with E-state index in [1.807, 2.05) is 0 Å². The number of oxazole rings is 1. The molecule has 1 fully saturated rings. The zero-order valence-electron chi connectivity index (χ0n) is 10.9. The molecule has 0 bridgehead atoms. The first-order valence-electron chi connectivity index (χ1n) is 6.58. The highest BCUT2D eigenvalue weighted by Gasteiger charge is 2.20. The number of rotatable bonds is 4. The Morgan fingerprint density at radius 3 is 2.89 bits per heavy atom. The lowest BCUT2D eigenvalue weighted by Crippen LogP contribution is -2.25. The first kappa shape index (κ1) is 12.9. The summed E-state index contributed by atoms with van der Waals surface area (Å²) in [5, 5.41) is 3.23. The van der Waals surface area contributed by atoms with Gasteiger partial charge < -0.3 is 14.5 Å². The van der Waals surface area contributed by atoms with Gasteiger partial charge in [0, 0.05) is 6.04 Å². The Balaban J connectivity index is 1.88. The fraction of sp³-hybridized carbons (Fsp3) is 0.692. The van der Waals surface area contributed by atoms with Gasteiger partial charge in [-0.2, -0.15) is 4.98 Å². The molecule has 18 heavy (non-hydrogen) atoms. The zero-order chi connectivity index (χ0) is 13.0. The first-order valence-corrected chi connectivity index (χ1v) is 6.58. The van der Waals surface area contributed by atoms with Crippen LogP contribution in [0.25, 0.3) is 0 Å². The Kier molecular flexibility index (Phi) is 4.23. The molecular formula is C13H20N2O3. The second-order valence-corrected chi connectivity index (χ2v) is 4.86. The SMILES string of the molecule is CCOC(=O)c1coc(NC2CCC(C)CC2)n1. The number of carbonyl (C=O) groups is 1. The molecule has 0 radical (unpaired) electrons. The van der Waals surface area contributed by atoms with E-state index in [4.69, 9.17) is 9.15 Å². The number of nitrogens with zero attached hydrogens (tertiary/aromatic N) is 1. The van der Waals surface area contributed by atoms with Gasteiger partial charge in [-0.05, 0) is 38.5 Å². The van der Waals surface area contributed by atoms with E-state index >= 15 is 0 Å². The van der Waals surface area contributed by atoms with Crippen molar-refractivity contribution in [1.82, 2.24) is 4.98 Å². The third kappa shape index (κ3) is 3.24. The van der Waals surface area contributed by atoms with Crippen molar-refractivity contribution in [2.75, 3.05) is 11.9 Å². The van der Waals surface area contributed by atoms with Gasteiger partial charge in [0.1, 0.15) is 6.26 Å². The van der Waals surface area contributed by atoms with Crippen molar-refractivity contribution >= 4 is 12.0 Å². The summed E-state index contributed by atoms with van der Waals surface area (Å²) in [4.78, 5) is 15.5. The summed E-state index contributed by atoms with van der Waals surface area (Å²) in [5.74, 6) is 0.370. The molecule has 0 aliphatic heterocycles. The minimum atomic E-state index is -0.438. The smallest absolute Gasteiger partial charge is 0.360 e. The number of aromatic nitrogens is 1. The molecule has 0 amide bonds. The molecular weight excluding hydrogens is 232 g/mol. The van der Waals surface area contributed by atoms with Crippen LogP contribution in [0.15, 0.2) is 10.7 Å². The van der Waals surface area contributed by atoms with E-state index in [0.717, 1.165) is 18.8 Å². The summed E-state index contributed by atoms with van der Waals surface area (Å²) in [6, 6.07) is 0.813. The number of hydrogen-bond acceptors (Lipinski definition) is 5. The van der Waals surface area contributed by atoms with Crippen LogP contribution in [-0.4, -0.2) is 23.6 Å². The zero-order valence-corrected chi connectivity index (χ0v) is 10.9. The number of ether oxygens (including phenoxy) is 1. The summed E-state index contributed by atoms with van der Waals surface area (Å²) >= 11 is 0. The molecule has 1 aliphatic carbocycles. The average Bonchev–Trinajstić information content (AvgIpc) is 2.81. The van der Waals surface area contributed by atoms with Crippen LogP contribution in [0.3, 0.4) is 0 Å².